The molecule has 0 aliphatic rings. The Hall–Kier alpha value is -4.46. The second-order valence-corrected chi connectivity index (χ2v) is 7.42. The highest BCUT2D eigenvalue weighted by molar-refractivity contribution is 6.05. The van der Waals surface area contributed by atoms with Crippen LogP contribution in [0.3, 0.4) is 0 Å². The van der Waals surface area contributed by atoms with E-state index < -0.39 is 0 Å². The maximum Gasteiger partial charge on any atom is 0.255 e. The molecule has 1 aromatic heterocycles. The minimum Gasteiger partial charge on any atom is -0.497 e. The van der Waals surface area contributed by atoms with Gasteiger partial charge >= 0.3 is 0 Å². The van der Waals surface area contributed by atoms with Crippen LogP contribution in [0.5, 0.6) is 17.2 Å². The van der Waals surface area contributed by atoms with Crippen molar-refractivity contribution in [2.75, 3.05) is 32.0 Å². The van der Waals surface area contributed by atoms with Crippen LogP contribution < -0.4 is 24.8 Å². The highest BCUT2D eigenvalue weighted by atomic mass is 16.5. The maximum atomic E-state index is 12.8. The van der Waals surface area contributed by atoms with Crippen LogP contribution in [0.25, 0.3) is 11.0 Å². The second-order valence-electron chi connectivity index (χ2n) is 7.42. The van der Waals surface area contributed by atoms with E-state index in [-0.39, 0.29) is 18.2 Å². The van der Waals surface area contributed by atoms with E-state index in [2.05, 4.69) is 10.6 Å². The molecule has 174 valence electrons. The summed E-state index contributed by atoms with van der Waals surface area (Å²) in [5.74, 6) is 0.871. The molecule has 4 aromatic rings. The van der Waals surface area contributed by atoms with Gasteiger partial charge in [-0.15, -0.1) is 0 Å². The number of nitrogens with one attached hydrogen (secondary N) is 2. The zero-order chi connectivity index (χ0) is 24.1. The number of furan rings is 1. The second kappa shape index (κ2) is 9.99. The molecule has 8 nitrogen and oxygen atoms in total. The monoisotopic (exact) mass is 460 g/mol. The normalized spacial score (nSPS) is 10.6. The smallest absolute Gasteiger partial charge is 0.255 e. The van der Waals surface area contributed by atoms with Gasteiger partial charge in [-0.3, -0.25) is 9.59 Å². The molecule has 2 amide bonds. The Kier molecular flexibility index (Phi) is 6.68. The van der Waals surface area contributed by atoms with Gasteiger partial charge in [0.05, 0.1) is 45.4 Å². The van der Waals surface area contributed by atoms with Crippen molar-refractivity contribution >= 4 is 34.2 Å². The standard InChI is InChI=1S/C26H24N2O6/c1-31-18-9-10-19-17(15-34-22(19)12-18)11-25(29)27-20-13-24(33-3)21(14-23(20)32-2)28-26(30)16-7-5-4-6-8-16/h4-10,12-15H,11H2,1-3H3,(H,27,29)(H,28,30). The number of carbonyl (C=O) groups excluding carboxylic acids is 2. The lowest BCUT2D eigenvalue weighted by molar-refractivity contribution is -0.115. The van der Waals surface area contributed by atoms with Gasteiger partial charge in [0.1, 0.15) is 22.8 Å². The number of amides is 2. The fraction of sp³-hybridized carbons (Fsp3) is 0.154. The number of fused-ring (bicyclic) bond motifs is 1. The zero-order valence-electron chi connectivity index (χ0n) is 19.0. The molecule has 1 heterocycles. The number of methoxy groups -OCH3 is 3. The molecule has 0 saturated carbocycles. The van der Waals surface area contributed by atoms with Gasteiger partial charge in [0.15, 0.2) is 0 Å². The summed E-state index contributed by atoms with van der Waals surface area (Å²) in [6.45, 7) is 0. The fourth-order valence-corrected chi connectivity index (χ4v) is 3.57. The molecule has 0 spiro atoms. The van der Waals surface area contributed by atoms with E-state index in [1.165, 1.54) is 14.2 Å². The van der Waals surface area contributed by atoms with Crippen LogP contribution in [0.2, 0.25) is 0 Å². The summed E-state index contributed by atoms with van der Waals surface area (Å²) in [5.41, 5.74) is 2.72. The number of rotatable bonds is 8. The first-order chi connectivity index (χ1) is 16.5. The van der Waals surface area contributed by atoms with Gasteiger partial charge in [0.25, 0.3) is 5.91 Å². The van der Waals surface area contributed by atoms with E-state index in [9.17, 15) is 9.59 Å². The highest BCUT2D eigenvalue weighted by Crippen LogP contribution is 2.37. The third-order valence-corrected chi connectivity index (χ3v) is 5.29. The van der Waals surface area contributed by atoms with Gasteiger partial charge in [0.2, 0.25) is 5.91 Å². The van der Waals surface area contributed by atoms with Gasteiger partial charge in [-0.2, -0.15) is 0 Å². The Bertz CT molecular complexity index is 1330. The molecule has 4 rings (SSSR count). The van der Waals surface area contributed by atoms with Crippen molar-refractivity contribution in [3.8, 4) is 17.2 Å². The first kappa shape index (κ1) is 22.7. The Morgan fingerprint density at radius 1 is 0.824 bits per heavy atom. The van der Waals surface area contributed by atoms with Crippen LogP contribution >= 0.6 is 0 Å². The largest absolute Gasteiger partial charge is 0.497 e. The Morgan fingerprint density at radius 3 is 2.15 bits per heavy atom. The summed E-state index contributed by atoms with van der Waals surface area (Å²) in [6, 6.07) is 17.5. The lowest BCUT2D eigenvalue weighted by Gasteiger charge is -2.16. The fourth-order valence-electron chi connectivity index (χ4n) is 3.57. The van der Waals surface area contributed by atoms with Crippen molar-refractivity contribution in [1.82, 2.24) is 0 Å². The molecule has 0 unspecified atom stereocenters. The van der Waals surface area contributed by atoms with E-state index in [0.717, 1.165) is 10.9 Å². The van der Waals surface area contributed by atoms with Gasteiger partial charge in [-0.05, 0) is 24.3 Å². The first-order valence-electron chi connectivity index (χ1n) is 10.5. The predicted octanol–water partition coefficient (Wildman–Crippen LogP) is 4.89. The average Bonchev–Trinajstić information content (AvgIpc) is 3.26. The zero-order valence-corrected chi connectivity index (χ0v) is 19.0. The third kappa shape index (κ3) is 4.80. The molecule has 0 bridgehead atoms. The Balaban J connectivity index is 1.53. The van der Waals surface area contributed by atoms with Crippen LogP contribution in [0.15, 0.2) is 71.3 Å². The molecule has 3 aromatic carbocycles. The van der Waals surface area contributed by atoms with Crippen LogP contribution in [0.1, 0.15) is 15.9 Å². The van der Waals surface area contributed by atoms with Gasteiger partial charge in [-0.1, -0.05) is 18.2 Å². The van der Waals surface area contributed by atoms with Crippen molar-refractivity contribution in [2.45, 2.75) is 6.42 Å². The molecule has 2 N–H and O–H groups in total. The van der Waals surface area contributed by atoms with E-state index >= 15 is 0 Å². The molecule has 8 heteroatoms. The molecule has 0 atom stereocenters. The number of hydrogen-bond donors (Lipinski definition) is 2. The minimum absolute atomic E-state index is 0.0945. The lowest BCUT2D eigenvalue weighted by Crippen LogP contribution is -2.16. The third-order valence-electron chi connectivity index (χ3n) is 5.29. The number of benzene rings is 3. The number of hydrogen-bond acceptors (Lipinski definition) is 6. The van der Waals surface area contributed by atoms with Crippen molar-refractivity contribution in [2.24, 2.45) is 0 Å². The summed E-state index contributed by atoms with van der Waals surface area (Å²) >= 11 is 0. The summed E-state index contributed by atoms with van der Waals surface area (Å²) in [6.07, 6.45) is 1.65. The summed E-state index contributed by atoms with van der Waals surface area (Å²) in [5, 5.41) is 6.50. The maximum absolute atomic E-state index is 12.8. The summed E-state index contributed by atoms with van der Waals surface area (Å²) in [4.78, 5) is 25.4. The molecule has 0 aliphatic carbocycles. The van der Waals surface area contributed by atoms with Crippen LogP contribution in [-0.4, -0.2) is 33.1 Å². The topological polar surface area (TPSA) is 99.0 Å². The van der Waals surface area contributed by atoms with Crippen molar-refractivity contribution in [3.05, 3.63) is 78.1 Å². The van der Waals surface area contributed by atoms with Crippen LogP contribution in [0.4, 0.5) is 11.4 Å². The van der Waals surface area contributed by atoms with Gasteiger partial charge < -0.3 is 29.3 Å². The molecule has 0 radical (unpaired) electrons. The number of anilines is 2. The van der Waals surface area contributed by atoms with Crippen LogP contribution in [-0.2, 0) is 11.2 Å². The van der Waals surface area contributed by atoms with Crippen molar-refractivity contribution in [1.29, 1.82) is 0 Å². The first-order valence-corrected chi connectivity index (χ1v) is 10.5. The van der Waals surface area contributed by atoms with Gasteiger partial charge in [0, 0.05) is 34.7 Å². The van der Waals surface area contributed by atoms with Crippen molar-refractivity contribution in [3.63, 3.8) is 0 Å². The molecule has 0 fully saturated rings. The van der Waals surface area contributed by atoms with Crippen molar-refractivity contribution < 1.29 is 28.2 Å². The molecular weight excluding hydrogens is 436 g/mol. The van der Waals surface area contributed by atoms with E-state index in [1.54, 1.807) is 55.8 Å². The lowest BCUT2D eigenvalue weighted by atomic mass is 10.1. The predicted molar refractivity (Wildman–Crippen MR) is 129 cm³/mol. The summed E-state index contributed by atoms with van der Waals surface area (Å²) < 4.78 is 21.7. The Labute approximate surface area is 196 Å². The average molecular weight is 460 g/mol. The summed E-state index contributed by atoms with van der Waals surface area (Å²) in [7, 11) is 4.55. The molecular formula is C26H24N2O6. The number of carbonyl (C=O) groups is 2. The SMILES string of the molecule is COc1ccc2c(CC(=O)Nc3cc(OC)c(NC(=O)c4ccccc4)cc3OC)coc2c1. The molecule has 0 aliphatic heterocycles. The molecule has 34 heavy (non-hydrogen) atoms. The minimum atomic E-state index is -0.291. The highest BCUT2D eigenvalue weighted by Gasteiger charge is 2.17. The van der Waals surface area contributed by atoms with Crippen LogP contribution in [0, 0.1) is 0 Å². The van der Waals surface area contributed by atoms with Gasteiger partial charge in [-0.25, -0.2) is 0 Å². The van der Waals surface area contributed by atoms with E-state index in [4.69, 9.17) is 18.6 Å². The quantitative estimate of drug-likeness (QED) is 0.388. The van der Waals surface area contributed by atoms with E-state index in [1.807, 2.05) is 18.2 Å². The Morgan fingerprint density at radius 2 is 1.50 bits per heavy atom. The molecule has 0 saturated heterocycles. The number of ether oxygens (including phenoxy) is 3. The van der Waals surface area contributed by atoms with E-state index in [0.29, 0.717) is 39.8 Å².